The van der Waals surface area contributed by atoms with Crippen molar-refractivity contribution in [1.29, 1.82) is 0 Å². The van der Waals surface area contributed by atoms with Crippen molar-refractivity contribution in [2.24, 2.45) is 0 Å². The molecule has 2 aromatic heterocycles. The highest BCUT2D eigenvalue weighted by molar-refractivity contribution is 7.18. The van der Waals surface area contributed by atoms with Gasteiger partial charge in [0.15, 0.2) is 0 Å². The fraction of sp³-hybridized carbons (Fsp3) is 0.267. The number of pyridine rings is 1. The van der Waals surface area contributed by atoms with Gasteiger partial charge in [0.2, 0.25) is 0 Å². The van der Waals surface area contributed by atoms with Crippen LogP contribution < -0.4 is 5.32 Å². The van der Waals surface area contributed by atoms with E-state index in [1.54, 1.807) is 40.7 Å². The highest BCUT2D eigenvalue weighted by Gasteiger charge is 2.29. The molecule has 0 radical (unpaired) electrons. The van der Waals surface area contributed by atoms with Gasteiger partial charge in [-0.05, 0) is 65.3 Å². The Labute approximate surface area is 225 Å². The average molecular weight is 531 g/mol. The SMILES string of the molecule is Cc1cccc(-c2cc(C(=O)Nc3sc(C(=O)OC(C)C)c(C)c3C(=O)OC(C)C)c3ccccc3n2)c1. The van der Waals surface area contributed by atoms with Crippen molar-refractivity contribution in [2.45, 2.75) is 53.8 Å². The van der Waals surface area contributed by atoms with Crippen molar-refractivity contribution in [1.82, 2.24) is 4.98 Å². The van der Waals surface area contributed by atoms with E-state index in [-0.39, 0.29) is 27.6 Å². The van der Waals surface area contributed by atoms with Gasteiger partial charge in [-0.25, -0.2) is 14.6 Å². The molecular formula is C30H30N2O5S. The Morgan fingerprint density at radius 1 is 0.868 bits per heavy atom. The van der Waals surface area contributed by atoms with Gasteiger partial charge in [-0.3, -0.25) is 4.79 Å². The summed E-state index contributed by atoms with van der Waals surface area (Å²) >= 11 is 1.000. The fourth-order valence-electron chi connectivity index (χ4n) is 4.07. The number of aryl methyl sites for hydroxylation is 1. The van der Waals surface area contributed by atoms with Crippen molar-refractivity contribution < 1.29 is 23.9 Å². The Balaban J connectivity index is 1.80. The Hall–Kier alpha value is -4.04. The normalized spacial score (nSPS) is 11.2. The summed E-state index contributed by atoms with van der Waals surface area (Å²) in [5.74, 6) is -1.61. The molecular weight excluding hydrogens is 500 g/mol. The summed E-state index contributed by atoms with van der Waals surface area (Å²) in [6, 6.07) is 17.0. The van der Waals surface area contributed by atoms with Crippen molar-refractivity contribution in [3.8, 4) is 11.3 Å². The molecule has 0 saturated heterocycles. The third-order valence-corrected chi connectivity index (χ3v) is 6.91. The third-order valence-electron chi connectivity index (χ3n) is 5.72. The molecule has 0 fully saturated rings. The molecule has 2 heterocycles. The van der Waals surface area contributed by atoms with Crippen LogP contribution in [0.2, 0.25) is 0 Å². The van der Waals surface area contributed by atoms with Crippen LogP contribution in [-0.4, -0.2) is 35.0 Å². The van der Waals surface area contributed by atoms with Crippen LogP contribution >= 0.6 is 11.3 Å². The summed E-state index contributed by atoms with van der Waals surface area (Å²) in [5.41, 5.74) is 4.22. The minimum Gasteiger partial charge on any atom is -0.459 e. The molecule has 1 N–H and O–H groups in total. The van der Waals surface area contributed by atoms with Crippen molar-refractivity contribution in [3.63, 3.8) is 0 Å². The van der Waals surface area contributed by atoms with Gasteiger partial charge in [0.25, 0.3) is 5.91 Å². The maximum absolute atomic E-state index is 13.7. The number of carbonyl (C=O) groups excluding carboxylic acids is 3. The number of amides is 1. The highest BCUT2D eigenvalue weighted by atomic mass is 32.1. The first-order valence-electron chi connectivity index (χ1n) is 12.4. The van der Waals surface area contributed by atoms with Crippen molar-refractivity contribution >= 4 is 45.1 Å². The first-order chi connectivity index (χ1) is 18.0. The summed E-state index contributed by atoms with van der Waals surface area (Å²) in [4.78, 5) is 44.5. The van der Waals surface area contributed by atoms with E-state index < -0.39 is 17.8 Å². The molecule has 0 bridgehead atoms. The summed E-state index contributed by atoms with van der Waals surface area (Å²) in [6.07, 6.45) is -0.714. The molecule has 0 aliphatic heterocycles. The number of thiophene rings is 1. The molecule has 0 aliphatic rings. The summed E-state index contributed by atoms with van der Waals surface area (Å²) in [7, 11) is 0. The average Bonchev–Trinajstić information content (AvgIpc) is 3.18. The zero-order valence-electron chi connectivity index (χ0n) is 22.2. The monoisotopic (exact) mass is 530 g/mol. The number of nitrogens with zero attached hydrogens (tertiary/aromatic N) is 1. The number of carbonyl (C=O) groups is 3. The summed E-state index contributed by atoms with van der Waals surface area (Å²) in [5, 5.41) is 3.77. The van der Waals surface area contributed by atoms with E-state index in [0.717, 1.165) is 22.5 Å². The Morgan fingerprint density at radius 3 is 2.24 bits per heavy atom. The van der Waals surface area contributed by atoms with Crippen molar-refractivity contribution in [2.75, 3.05) is 5.32 Å². The lowest BCUT2D eigenvalue weighted by atomic mass is 10.0. The van der Waals surface area contributed by atoms with Crippen LogP contribution in [0.4, 0.5) is 5.00 Å². The largest absolute Gasteiger partial charge is 0.459 e. The lowest BCUT2D eigenvalue weighted by molar-refractivity contribution is 0.0378. The van der Waals surface area contributed by atoms with Crippen molar-refractivity contribution in [3.05, 3.63) is 81.7 Å². The predicted molar refractivity (Wildman–Crippen MR) is 150 cm³/mol. The molecule has 196 valence electrons. The standard InChI is InChI=1S/C30H30N2O5S/c1-16(2)36-29(34)25-19(6)26(30(35)37-17(3)4)38-28(25)32-27(33)22-15-24(20-11-9-10-18(5)14-20)31-23-13-8-7-12-21(22)23/h7-17H,1-6H3,(H,32,33). The van der Waals surface area contributed by atoms with E-state index in [4.69, 9.17) is 14.5 Å². The molecule has 4 rings (SSSR count). The maximum atomic E-state index is 13.7. The van der Waals surface area contributed by atoms with Gasteiger partial charge in [0, 0.05) is 10.9 Å². The second kappa shape index (κ2) is 11.1. The van der Waals surface area contributed by atoms with E-state index >= 15 is 0 Å². The fourth-order valence-corrected chi connectivity index (χ4v) is 5.14. The predicted octanol–water partition coefficient (Wildman–Crippen LogP) is 6.96. The molecule has 7 nitrogen and oxygen atoms in total. The van der Waals surface area contributed by atoms with Gasteiger partial charge in [-0.1, -0.05) is 42.0 Å². The highest BCUT2D eigenvalue weighted by Crippen LogP contribution is 2.36. The van der Waals surface area contributed by atoms with Crippen LogP contribution in [0.25, 0.3) is 22.2 Å². The number of esters is 2. The van der Waals surface area contributed by atoms with E-state index in [1.165, 1.54) is 0 Å². The molecule has 0 atom stereocenters. The molecule has 38 heavy (non-hydrogen) atoms. The summed E-state index contributed by atoms with van der Waals surface area (Å²) in [6.45, 7) is 10.6. The number of hydrogen-bond acceptors (Lipinski definition) is 7. The molecule has 2 aromatic carbocycles. The van der Waals surface area contributed by atoms with E-state index in [0.29, 0.717) is 27.7 Å². The first-order valence-corrected chi connectivity index (χ1v) is 13.2. The summed E-state index contributed by atoms with van der Waals surface area (Å²) < 4.78 is 10.8. The van der Waals surface area contributed by atoms with Crippen LogP contribution in [0, 0.1) is 13.8 Å². The third kappa shape index (κ3) is 5.75. The minimum atomic E-state index is -0.618. The molecule has 0 unspecified atom stereocenters. The van der Waals surface area contributed by atoms with Gasteiger partial charge < -0.3 is 14.8 Å². The minimum absolute atomic E-state index is 0.144. The smallest absolute Gasteiger partial charge is 0.348 e. The molecule has 0 saturated carbocycles. The zero-order chi connectivity index (χ0) is 27.6. The number of para-hydroxylation sites is 1. The number of fused-ring (bicyclic) bond motifs is 1. The number of hydrogen-bond donors (Lipinski definition) is 1. The Morgan fingerprint density at radius 2 is 1.55 bits per heavy atom. The maximum Gasteiger partial charge on any atom is 0.348 e. The van der Waals surface area contributed by atoms with Crippen LogP contribution in [0.3, 0.4) is 0 Å². The van der Waals surface area contributed by atoms with Crippen LogP contribution in [0.15, 0.2) is 54.6 Å². The molecule has 8 heteroatoms. The number of ether oxygens (including phenoxy) is 2. The van der Waals surface area contributed by atoms with Crippen LogP contribution in [-0.2, 0) is 9.47 Å². The van der Waals surface area contributed by atoms with E-state index in [1.807, 2.05) is 55.5 Å². The van der Waals surface area contributed by atoms with Gasteiger partial charge in [-0.2, -0.15) is 0 Å². The Kier molecular flexibility index (Phi) is 7.92. The second-order valence-electron chi connectivity index (χ2n) is 9.56. The van der Waals surface area contributed by atoms with E-state index in [2.05, 4.69) is 5.32 Å². The van der Waals surface area contributed by atoms with E-state index in [9.17, 15) is 14.4 Å². The number of nitrogens with one attached hydrogen (secondary N) is 1. The molecule has 1 amide bonds. The first kappa shape index (κ1) is 27.0. The molecule has 0 spiro atoms. The zero-order valence-corrected chi connectivity index (χ0v) is 23.1. The number of benzene rings is 2. The molecule has 4 aromatic rings. The van der Waals surface area contributed by atoms with Gasteiger partial charge in [-0.15, -0.1) is 11.3 Å². The quantitative estimate of drug-likeness (QED) is 0.260. The number of aromatic nitrogens is 1. The number of anilines is 1. The topological polar surface area (TPSA) is 94.6 Å². The van der Waals surface area contributed by atoms with Crippen LogP contribution in [0.1, 0.15) is 69.2 Å². The lowest BCUT2D eigenvalue weighted by Gasteiger charge is -2.12. The van der Waals surface area contributed by atoms with Gasteiger partial charge in [0.05, 0.1) is 34.5 Å². The van der Waals surface area contributed by atoms with Gasteiger partial charge >= 0.3 is 11.9 Å². The Bertz CT molecular complexity index is 1540. The lowest BCUT2D eigenvalue weighted by Crippen LogP contribution is -2.17. The second-order valence-corrected chi connectivity index (χ2v) is 10.6. The van der Waals surface area contributed by atoms with Crippen LogP contribution in [0.5, 0.6) is 0 Å². The molecule has 0 aliphatic carbocycles. The number of rotatable bonds is 7. The van der Waals surface area contributed by atoms with Gasteiger partial charge in [0.1, 0.15) is 9.88 Å².